The Kier molecular flexibility index (Phi) is 2.93. The molecule has 0 aromatic rings. The largest absolute Gasteiger partial charge is 0.322 e. The highest BCUT2D eigenvalue weighted by Gasteiger charge is 2.19. The molecular weight excluding hydrogens is 190 g/mol. The van der Waals surface area contributed by atoms with Crippen molar-refractivity contribution < 1.29 is 4.48 Å². The molecule has 0 saturated heterocycles. The third kappa shape index (κ3) is 2.10. The van der Waals surface area contributed by atoms with Crippen molar-refractivity contribution >= 4 is 15.9 Å². The summed E-state index contributed by atoms with van der Waals surface area (Å²) in [5.74, 6) is 0. The number of hydrogen-bond donors (Lipinski definition) is 0. The lowest BCUT2D eigenvalue weighted by atomic mass is 10.2. The first-order valence-electron chi connectivity index (χ1n) is 3.81. The summed E-state index contributed by atoms with van der Waals surface area (Å²) >= 11 is 3.48. The fraction of sp³-hybridized carbons (Fsp3) is 0.750. The van der Waals surface area contributed by atoms with Gasteiger partial charge in [-0.15, -0.1) is 0 Å². The van der Waals surface area contributed by atoms with Crippen molar-refractivity contribution in [3.8, 4) is 0 Å². The fourth-order valence-electron chi connectivity index (χ4n) is 1.33. The average molecular weight is 205 g/mol. The second kappa shape index (κ2) is 3.54. The molecule has 1 heterocycles. The van der Waals surface area contributed by atoms with E-state index in [0.29, 0.717) is 0 Å². The monoisotopic (exact) mass is 204 g/mol. The summed E-state index contributed by atoms with van der Waals surface area (Å²) in [6.45, 7) is 3.78. The SMILES string of the molecule is C[N+]1(CCBr)CC=CCC1. The van der Waals surface area contributed by atoms with Crippen LogP contribution >= 0.6 is 15.9 Å². The molecule has 1 atom stereocenters. The van der Waals surface area contributed by atoms with Gasteiger partial charge in [-0.3, -0.25) is 0 Å². The van der Waals surface area contributed by atoms with E-state index in [1.54, 1.807) is 0 Å². The summed E-state index contributed by atoms with van der Waals surface area (Å²) in [6, 6.07) is 0. The van der Waals surface area contributed by atoms with Crippen LogP contribution in [0.4, 0.5) is 0 Å². The maximum absolute atomic E-state index is 3.48. The van der Waals surface area contributed by atoms with Gasteiger partial charge in [0.25, 0.3) is 0 Å². The number of hydrogen-bond acceptors (Lipinski definition) is 0. The molecule has 0 N–H and O–H groups in total. The molecule has 1 aliphatic heterocycles. The van der Waals surface area contributed by atoms with E-state index < -0.39 is 0 Å². The van der Waals surface area contributed by atoms with Crippen LogP contribution in [0.1, 0.15) is 6.42 Å². The summed E-state index contributed by atoms with van der Waals surface area (Å²) in [6.07, 6.45) is 5.84. The molecule has 1 rings (SSSR count). The van der Waals surface area contributed by atoms with E-state index in [9.17, 15) is 0 Å². The first-order chi connectivity index (χ1) is 4.77. The number of halogens is 1. The first-order valence-corrected chi connectivity index (χ1v) is 4.93. The molecule has 0 radical (unpaired) electrons. The fourth-order valence-corrected chi connectivity index (χ4v) is 2.19. The third-order valence-electron chi connectivity index (χ3n) is 2.17. The van der Waals surface area contributed by atoms with E-state index in [2.05, 4.69) is 35.1 Å². The van der Waals surface area contributed by atoms with Crippen LogP contribution in [-0.4, -0.2) is 36.5 Å². The lowest BCUT2D eigenvalue weighted by molar-refractivity contribution is -0.902. The predicted octanol–water partition coefficient (Wildman–Crippen LogP) is 1.79. The highest BCUT2D eigenvalue weighted by molar-refractivity contribution is 9.09. The first kappa shape index (κ1) is 8.28. The molecule has 0 spiro atoms. The van der Waals surface area contributed by atoms with Gasteiger partial charge in [-0.2, -0.15) is 0 Å². The van der Waals surface area contributed by atoms with Gasteiger partial charge in [0.05, 0.1) is 32.0 Å². The van der Waals surface area contributed by atoms with E-state index >= 15 is 0 Å². The van der Waals surface area contributed by atoms with Crippen LogP contribution in [0.15, 0.2) is 12.2 Å². The van der Waals surface area contributed by atoms with Gasteiger partial charge in [0, 0.05) is 6.42 Å². The van der Waals surface area contributed by atoms with Crippen LogP contribution in [0.5, 0.6) is 0 Å². The molecule has 0 amide bonds. The highest BCUT2D eigenvalue weighted by Crippen LogP contribution is 2.10. The number of likely N-dealkylation sites (N-methyl/N-ethyl adjacent to an activating group) is 1. The smallest absolute Gasteiger partial charge is 0.0972 e. The molecule has 0 aromatic heterocycles. The van der Waals surface area contributed by atoms with Crippen LogP contribution in [0, 0.1) is 0 Å². The van der Waals surface area contributed by atoms with Crippen LogP contribution in [-0.2, 0) is 0 Å². The summed E-state index contributed by atoms with van der Waals surface area (Å²) in [5, 5.41) is 1.12. The summed E-state index contributed by atoms with van der Waals surface area (Å²) in [7, 11) is 2.32. The highest BCUT2D eigenvalue weighted by atomic mass is 79.9. The standard InChI is InChI=1S/C8H15BrN/c1-10(8-5-9)6-3-2-4-7-10/h2-3H,4-8H2,1H3/q+1. The minimum absolute atomic E-state index is 1.12. The third-order valence-corrected chi connectivity index (χ3v) is 2.53. The van der Waals surface area contributed by atoms with Gasteiger partial charge in [0.2, 0.25) is 0 Å². The Balaban J connectivity index is 2.43. The Labute approximate surface area is 71.4 Å². The Morgan fingerprint density at radius 1 is 1.50 bits per heavy atom. The van der Waals surface area contributed by atoms with Crippen LogP contribution in [0.25, 0.3) is 0 Å². The van der Waals surface area contributed by atoms with Gasteiger partial charge in [-0.1, -0.05) is 22.0 Å². The molecule has 58 valence electrons. The van der Waals surface area contributed by atoms with Crippen molar-refractivity contribution in [1.29, 1.82) is 0 Å². The number of nitrogens with zero attached hydrogens (tertiary/aromatic N) is 1. The minimum atomic E-state index is 1.12. The molecule has 1 unspecified atom stereocenters. The zero-order valence-corrected chi connectivity index (χ0v) is 8.10. The van der Waals surface area contributed by atoms with Gasteiger partial charge >= 0.3 is 0 Å². The van der Waals surface area contributed by atoms with E-state index in [-0.39, 0.29) is 0 Å². The van der Waals surface area contributed by atoms with Gasteiger partial charge < -0.3 is 4.48 Å². The topological polar surface area (TPSA) is 0 Å². The van der Waals surface area contributed by atoms with Gasteiger partial charge in [-0.05, 0) is 6.08 Å². The second-order valence-corrected chi connectivity index (χ2v) is 3.99. The summed E-state index contributed by atoms with van der Waals surface area (Å²) in [4.78, 5) is 0. The van der Waals surface area contributed by atoms with E-state index in [1.807, 2.05) is 0 Å². The van der Waals surface area contributed by atoms with Crippen LogP contribution in [0.3, 0.4) is 0 Å². The normalized spacial score (nSPS) is 32.6. The minimum Gasteiger partial charge on any atom is -0.322 e. The lowest BCUT2D eigenvalue weighted by Crippen LogP contribution is -2.47. The van der Waals surface area contributed by atoms with Crippen LogP contribution in [0.2, 0.25) is 0 Å². The molecule has 2 heteroatoms. The molecule has 1 nitrogen and oxygen atoms in total. The summed E-state index contributed by atoms with van der Waals surface area (Å²) < 4.78 is 1.21. The van der Waals surface area contributed by atoms with Crippen molar-refractivity contribution in [3.05, 3.63) is 12.2 Å². The molecule has 0 bridgehead atoms. The lowest BCUT2D eigenvalue weighted by Gasteiger charge is -2.34. The average Bonchev–Trinajstić information content (AvgIpc) is 1.89. The number of quaternary nitrogens is 1. The van der Waals surface area contributed by atoms with Crippen molar-refractivity contribution in [2.75, 3.05) is 32.0 Å². The van der Waals surface area contributed by atoms with Gasteiger partial charge in [0.1, 0.15) is 0 Å². The van der Waals surface area contributed by atoms with Crippen molar-refractivity contribution in [2.24, 2.45) is 0 Å². The Bertz CT molecular complexity index is 133. The quantitative estimate of drug-likeness (QED) is 0.366. The molecular formula is C8H15BrN+. The number of alkyl halides is 1. The van der Waals surface area contributed by atoms with E-state index in [0.717, 1.165) is 5.33 Å². The molecule has 0 fully saturated rings. The van der Waals surface area contributed by atoms with E-state index in [1.165, 1.54) is 30.5 Å². The van der Waals surface area contributed by atoms with Gasteiger partial charge in [0.15, 0.2) is 0 Å². The Morgan fingerprint density at radius 3 is 2.80 bits per heavy atom. The zero-order chi connectivity index (χ0) is 7.45. The second-order valence-electron chi connectivity index (χ2n) is 3.20. The maximum atomic E-state index is 3.48. The molecule has 10 heavy (non-hydrogen) atoms. The molecule has 0 aliphatic carbocycles. The zero-order valence-electron chi connectivity index (χ0n) is 6.52. The predicted molar refractivity (Wildman–Crippen MR) is 48.3 cm³/mol. The van der Waals surface area contributed by atoms with Crippen LogP contribution < -0.4 is 0 Å². The van der Waals surface area contributed by atoms with Crippen molar-refractivity contribution in [3.63, 3.8) is 0 Å². The van der Waals surface area contributed by atoms with Gasteiger partial charge in [-0.25, -0.2) is 0 Å². The Morgan fingerprint density at radius 2 is 2.30 bits per heavy atom. The van der Waals surface area contributed by atoms with Crippen molar-refractivity contribution in [1.82, 2.24) is 0 Å². The Hall–Kier alpha value is 0.180. The molecule has 0 aromatic carbocycles. The molecule has 1 aliphatic rings. The summed E-state index contributed by atoms with van der Waals surface area (Å²) in [5.41, 5.74) is 0. The maximum Gasteiger partial charge on any atom is 0.0972 e. The van der Waals surface area contributed by atoms with E-state index in [4.69, 9.17) is 0 Å². The number of rotatable bonds is 2. The molecule has 0 saturated carbocycles. The van der Waals surface area contributed by atoms with Crippen molar-refractivity contribution in [2.45, 2.75) is 6.42 Å².